The van der Waals surface area contributed by atoms with E-state index in [9.17, 15) is 9.59 Å². The summed E-state index contributed by atoms with van der Waals surface area (Å²) in [5.74, 6) is -0.499. The lowest BCUT2D eigenvalue weighted by molar-refractivity contribution is 0.0473. The van der Waals surface area contributed by atoms with E-state index in [0.717, 1.165) is 21.6 Å². The van der Waals surface area contributed by atoms with Crippen molar-refractivity contribution >= 4 is 56.4 Å². The number of aryl methyl sites for hydroxylation is 1. The van der Waals surface area contributed by atoms with Crippen LogP contribution in [0.3, 0.4) is 0 Å². The summed E-state index contributed by atoms with van der Waals surface area (Å²) < 4.78 is 8.53. The van der Waals surface area contributed by atoms with Gasteiger partial charge in [-0.25, -0.2) is 14.5 Å². The molecule has 0 saturated heterocycles. The molecule has 0 aliphatic heterocycles. The number of hydrogen-bond donors (Lipinski definition) is 0. The summed E-state index contributed by atoms with van der Waals surface area (Å²) in [7, 11) is 0. The Hall–Kier alpha value is -3.20. The zero-order valence-corrected chi connectivity index (χ0v) is 18.9. The molecule has 160 valence electrons. The molecule has 4 heterocycles. The Labute approximate surface area is 195 Å². The van der Waals surface area contributed by atoms with E-state index < -0.39 is 5.97 Å². The van der Waals surface area contributed by atoms with Crippen LogP contribution in [0.4, 0.5) is 0 Å². The quantitative estimate of drug-likeness (QED) is 0.333. The van der Waals surface area contributed by atoms with Crippen LogP contribution in [0.5, 0.6) is 0 Å². The average molecular weight is 485 g/mol. The van der Waals surface area contributed by atoms with Crippen molar-refractivity contribution in [1.29, 1.82) is 0 Å². The van der Waals surface area contributed by atoms with E-state index in [0.29, 0.717) is 26.3 Å². The van der Waals surface area contributed by atoms with Gasteiger partial charge in [-0.2, -0.15) is 5.10 Å². The lowest BCUT2D eigenvalue weighted by atomic mass is 10.3. The normalized spacial score (nSPS) is 11.3. The molecule has 4 aromatic heterocycles. The first-order valence-electron chi connectivity index (χ1n) is 9.49. The summed E-state index contributed by atoms with van der Waals surface area (Å²) in [5.41, 5.74) is 2.07. The molecule has 0 radical (unpaired) electrons. The number of halogens is 2. The van der Waals surface area contributed by atoms with Crippen molar-refractivity contribution in [3.8, 4) is 5.69 Å². The van der Waals surface area contributed by atoms with Crippen molar-refractivity contribution in [2.75, 3.05) is 0 Å². The Kier molecular flexibility index (Phi) is 5.21. The first kappa shape index (κ1) is 20.7. The van der Waals surface area contributed by atoms with Crippen molar-refractivity contribution < 1.29 is 9.53 Å². The number of thiophene rings is 1. The van der Waals surface area contributed by atoms with Gasteiger partial charge in [0.2, 0.25) is 0 Å². The van der Waals surface area contributed by atoms with Gasteiger partial charge in [-0.05, 0) is 43.3 Å². The van der Waals surface area contributed by atoms with Gasteiger partial charge in [-0.3, -0.25) is 9.20 Å². The Bertz CT molecular complexity index is 1570. The molecule has 0 unspecified atom stereocenters. The molecule has 10 heteroatoms. The third kappa shape index (κ3) is 3.77. The maximum absolute atomic E-state index is 12.7. The summed E-state index contributed by atoms with van der Waals surface area (Å²) in [6, 6.07) is 13.7. The first-order valence-corrected chi connectivity index (χ1v) is 11.1. The largest absolute Gasteiger partial charge is 0.455 e. The van der Waals surface area contributed by atoms with Gasteiger partial charge in [0, 0.05) is 22.7 Å². The van der Waals surface area contributed by atoms with E-state index in [2.05, 4.69) is 10.1 Å². The molecule has 0 atom stereocenters. The summed E-state index contributed by atoms with van der Waals surface area (Å²) in [5, 5.41) is 6.45. The van der Waals surface area contributed by atoms with Crippen LogP contribution in [0.25, 0.3) is 21.6 Å². The molecule has 0 aliphatic carbocycles. The molecule has 5 aromatic rings. The number of carbonyl (C=O) groups excluding carboxylic acids is 1. The fourth-order valence-electron chi connectivity index (χ4n) is 3.34. The summed E-state index contributed by atoms with van der Waals surface area (Å²) in [4.78, 5) is 30.6. The van der Waals surface area contributed by atoms with Crippen LogP contribution in [0, 0.1) is 6.92 Å². The van der Waals surface area contributed by atoms with E-state index in [4.69, 9.17) is 27.9 Å². The minimum Gasteiger partial charge on any atom is -0.455 e. The average Bonchev–Trinajstić information content (AvgIpc) is 3.33. The van der Waals surface area contributed by atoms with E-state index >= 15 is 0 Å². The molecule has 7 nitrogen and oxygen atoms in total. The van der Waals surface area contributed by atoms with Gasteiger partial charge in [-0.15, -0.1) is 11.3 Å². The van der Waals surface area contributed by atoms with Gasteiger partial charge in [-0.1, -0.05) is 29.3 Å². The van der Waals surface area contributed by atoms with E-state index in [1.54, 1.807) is 28.9 Å². The Morgan fingerprint density at radius 1 is 1.12 bits per heavy atom. The number of ether oxygens (including phenoxy) is 1. The van der Waals surface area contributed by atoms with Gasteiger partial charge in [0.15, 0.2) is 0 Å². The van der Waals surface area contributed by atoms with Gasteiger partial charge in [0.25, 0.3) is 5.56 Å². The number of rotatable bonds is 4. The molecule has 1 aromatic carbocycles. The molecular formula is C22H14Cl2N4O3S. The van der Waals surface area contributed by atoms with Gasteiger partial charge in [0.05, 0.1) is 22.1 Å². The number of nitrogens with zero attached hydrogens (tertiary/aromatic N) is 4. The first-order chi connectivity index (χ1) is 15.4. The third-order valence-electron chi connectivity index (χ3n) is 4.83. The number of pyridine rings is 1. The number of benzene rings is 1. The van der Waals surface area contributed by atoms with Crippen LogP contribution in [0.15, 0.2) is 59.5 Å². The molecular weight excluding hydrogens is 471 g/mol. The highest BCUT2D eigenvalue weighted by Gasteiger charge is 2.18. The van der Waals surface area contributed by atoms with Crippen LogP contribution in [-0.4, -0.2) is 25.1 Å². The molecule has 0 N–H and O–H groups in total. The van der Waals surface area contributed by atoms with Crippen LogP contribution >= 0.6 is 34.5 Å². The molecule has 0 amide bonds. The number of esters is 1. The van der Waals surface area contributed by atoms with Crippen molar-refractivity contribution in [3.05, 3.63) is 91.4 Å². The lowest BCUT2D eigenvalue weighted by Crippen LogP contribution is -2.16. The maximum atomic E-state index is 12.7. The zero-order chi connectivity index (χ0) is 22.4. The third-order valence-corrected chi connectivity index (χ3v) is 6.38. The predicted octanol–water partition coefficient (Wildman–Crippen LogP) is 5.07. The van der Waals surface area contributed by atoms with Crippen LogP contribution in [0.2, 0.25) is 10.0 Å². The van der Waals surface area contributed by atoms with Crippen molar-refractivity contribution in [2.45, 2.75) is 13.5 Å². The lowest BCUT2D eigenvalue weighted by Gasteiger charge is -2.05. The second-order valence-electron chi connectivity index (χ2n) is 7.04. The van der Waals surface area contributed by atoms with E-state index in [1.165, 1.54) is 28.0 Å². The second-order valence-corrected chi connectivity index (χ2v) is 8.95. The monoisotopic (exact) mass is 484 g/mol. The minimum atomic E-state index is -0.499. The highest BCUT2D eigenvalue weighted by molar-refractivity contribution is 7.20. The topological polar surface area (TPSA) is 78.5 Å². The molecule has 0 saturated carbocycles. The second kappa shape index (κ2) is 8.05. The summed E-state index contributed by atoms with van der Waals surface area (Å²) >= 11 is 13.3. The van der Waals surface area contributed by atoms with Crippen molar-refractivity contribution in [1.82, 2.24) is 19.2 Å². The minimum absolute atomic E-state index is 0.124. The van der Waals surface area contributed by atoms with Crippen LogP contribution < -0.4 is 5.56 Å². The van der Waals surface area contributed by atoms with Gasteiger partial charge in [0.1, 0.15) is 22.0 Å². The molecule has 32 heavy (non-hydrogen) atoms. The predicted molar refractivity (Wildman–Crippen MR) is 124 cm³/mol. The smallest absolute Gasteiger partial charge is 0.348 e. The highest BCUT2D eigenvalue weighted by atomic mass is 35.5. The molecule has 5 rings (SSSR count). The van der Waals surface area contributed by atoms with Gasteiger partial charge < -0.3 is 4.74 Å². The van der Waals surface area contributed by atoms with E-state index in [-0.39, 0.29) is 12.2 Å². The molecule has 0 fully saturated rings. The Balaban J connectivity index is 1.41. The SMILES string of the molecule is Cc1nn(-c2cccc(Cl)c2)c2sc(C(=O)OCc3cc(=O)n4cc(Cl)ccc4n3)cc12. The molecule has 0 aliphatic rings. The number of fused-ring (bicyclic) bond motifs is 2. The number of carbonyl (C=O) groups is 1. The molecule has 0 bridgehead atoms. The van der Waals surface area contributed by atoms with Crippen molar-refractivity contribution in [2.24, 2.45) is 0 Å². The van der Waals surface area contributed by atoms with Crippen LogP contribution in [-0.2, 0) is 11.3 Å². The van der Waals surface area contributed by atoms with Crippen LogP contribution in [0.1, 0.15) is 21.1 Å². The summed E-state index contributed by atoms with van der Waals surface area (Å²) in [6.45, 7) is 1.75. The van der Waals surface area contributed by atoms with Crippen molar-refractivity contribution in [3.63, 3.8) is 0 Å². The summed E-state index contributed by atoms with van der Waals surface area (Å²) in [6.07, 6.45) is 1.49. The zero-order valence-electron chi connectivity index (χ0n) is 16.6. The molecule has 0 spiro atoms. The van der Waals surface area contributed by atoms with Gasteiger partial charge >= 0.3 is 5.97 Å². The van der Waals surface area contributed by atoms with E-state index in [1.807, 2.05) is 25.1 Å². The number of hydrogen-bond acceptors (Lipinski definition) is 6. The highest BCUT2D eigenvalue weighted by Crippen LogP contribution is 2.31. The Morgan fingerprint density at radius 2 is 1.97 bits per heavy atom. The standard InChI is InChI=1S/C22H14Cl2N4O3S/c1-12-17-9-18(32-21(17)28(26-12)16-4-2-3-13(23)7-16)22(30)31-11-15-8-20(29)27-10-14(24)5-6-19(27)25-15/h2-10H,11H2,1H3. The fraction of sp³-hybridized carbons (Fsp3) is 0.0909. The number of aromatic nitrogens is 4. The fourth-order valence-corrected chi connectivity index (χ4v) is 4.76. The Morgan fingerprint density at radius 3 is 2.78 bits per heavy atom. The maximum Gasteiger partial charge on any atom is 0.348 e.